The van der Waals surface area contributed by atoms with E-state index in [1.165, 1.54) is 16.4 Å². The van der Waals surface area contributed by atoms with Gasteiger partial charge in [-0.05, 0) is 23.3 Å². The molecule has 27 heavy (non-hydrogen) atoms. The highest BCUT2D eigenvalue weighted by molar-refractivity contribution is 7.88. The summed E-state index contributed by atoms with van der Waals surface area (Å²) in [5.41, 5.74) is 0.00457. The van der Waals surface area contributed by atoms with Gasteiger partial charge in [0.05, 0.1) is 17.4 Å². The molecule has 1 fully saturated rings. The third kappa shape index (κ3) is 5.19. The Kier molecular flexibility index (Phi) is 6.85. The van der Waals surface area contributed by atoms with Gasteiger partial charge in [-0.1, -0.05) is 24.3 Å². The molecule has 2 aromatic rings. The van der Waals surface area contributed by atoms with Gasteiger partial charge in [0.1, 0.15) is 0 Å². The number of sulfonamides is 1. The average molecular weight is 422 g/mol. The smallest absolute Gasteiger partial charge is 0.313 e. The van der Waals surface area contributed by atoms with Crippen molar-refractivity contribution in [2.75, 3.05) is 19.6 Å². The molecule has 0 radical (unpaired) electrons. The van der Waals surface area contributed by atoms with Crippen LogP contribution in [0.3, 0.4) is 0 Å². The summed E-state index contributed by atoms with van der Waals surface area (Å²) in [5.74, 6) is -0.478. The lowest BCUT2D eigenvalue weighted by Gasteiger charge is -2.35. The largest absolute Gasteiger partial charge is 0.416 e. The number of piperazine rings is 1. The number of halogens is 4. The SMILES string of the molecule is Cl.O=S(=O)(Cc1cccc(C(F)(F)F)c1)N1CCNCC1c1cccnc1. The molecule has 0 aliphatic carbocycles. The van der Waals surface area contributed by atoms with Crippen molar-refractivity contribution in [1.29, 1.82) is 0 Å². The summed E-state index contributed by atoms with van der Waals surface area (Å²) in [5, 5.41) is 3.15. The van der Waals surface area contributed by atoms with E-state index < -0.39 is 33.6 Å². The number of nitrogens with zero attached hydrogens (tertiary/aromatic N) is 2. The molecule has 1 aromatic carbocycles. The van der Waals surface area contributed by atoms with Gasteiger partial charge in [-0.15, -0.1) is 12.4 Å². The highest BCUT2D eigenvalue weighted by Crippen LogP contribution is 2.31. The van der Waals surface area contributed by atoms with E-state index in [1.54, 1.807) is 24.5 Å². The standard InChI is InChI=1S/C17H18F3N3O2S.ClH/c18-17(19,20)15-5-1-3-13(9-15)12-26(24,25)23-8-7-22-11-16(23)14-4-2-6-21-10-14;/h1-6,9-10,16,22H,7-8,11-12H2;1H. The van der Waals surface area contributed by atoms with Crippen molar-refractivity contribution < 1.29 is 21.6 Å². The number of aromatic nitrogens is 1. The van der Waals surface area contributed by atoms with Crippen LogP contribution >= 0.6 is 12.4 Å². The first-order valence-corrected chi connectivity index (χ1v) is 9.64. The first-order valence-electron chi connectivity index (χ1n) is 8.04. The zero-order chi connectivity index (χ0) is 18.8. The van der Waals surface area contributed by atoms with Crippen LogP contribution < -0.4 is 5.32 Å². The highest BCUT2D eigenvalue weighted by Gasteiger charge is 2.34. The summed E-state index contributed by atoms with van der Waals surface area (Å²) in [6, 6.07) is 7.52. The molecule has 1 aliphatic heterocycles. The van der Waals surface area contributed by atoms with E-state index in [2.05, 4.69) is 10.3 Å². The second-order valence-electron chi connectivity index (χ2n) is 6.07. The Morgan fingerprint density at radius 2 is 2.00 bits per heavy atom. The molecule has 1 saturated heterocycles. The Morgan fingerprint density at radius 3 is 2.67 bits per heavy atom. The molecule has 1 unspecified atom stereocenters. The Bertz CT molecular complexity index is 863. The maximum atomic E-state index is 12.9. The molecule has 1 aromatic heterocycles. The van der Waals surface area contributed by atoms with Crippen LogP contribution in [-0.4, -0.2) is 37.3 Å². The lowest BCUT2D eigenvalue weighted by Crippen LogP contribution is -2.48. The lowest BCUT2D eigenvalue weighted by molar-refractivity contribution is -0.137. The molecule has 10 heteroatoms. The van der Waals surface area contributed by atoms with Gasteiger partial charge in [0.25, 0.3) is 0 Å². The molecular weight excluding hydrogens is 403 g/mol. The van der Waals surface area contributed by atoms with Crippen molar-refractivity contribution in [2.45, 2.75) is 18.0 Å². The topological polar surface area (TPSA) is 62.3 Å². The van der Waals surface area contributed by atoms with Gasteiger partial charge in [0.15, 0.2) is 0 Å². The van der Waals surface area contributed by atoms with Gasteiger partial charge >= 0.3 is 6.18 Å². The summed E-state index contributed by atoms with van der Waals surface area (Å²) < 4.78 is 65.7. The summed E-state index contributed by atoms with van der Waals surface area (Å²) in [6.45, 7) is 1.16. The van der Waals surface area contributed by atoms with E-state index in [-0.39, 0.29) is 24.5 Å². The number of hydrogen-bond donors (Lipinski definition) is 1. The van der Waals surface area contributed by atoms with E-state index in [9.17, 15) is 21.6 Å². The Balaban J connectivity index is 0.00000261. The summed E-state index contributed by atoms with van der Waals surface area (Å²) in [7, 11) is -3.80. The number of benzene rings is 1. The second-order valence-corrected chi connectivity index (χ2v) is 7.99. The van der Waals surface area contributed by atoms with Crippen LogP contribution in [0.5, 0.6) is 0 Å². The third-order valence-electron chi connectivity index (χ3n) is 4.22. The zero-order valence-corrected chi connectivity index (χ0v) is 15.8. The molecule has 3 rings (SSSR count). The van der Waals surface area contributed by atoms with Crippen LogP contribution in [0.1, 0.15) is 22.7 Å². The predicted octanol–water partition coefficient (Wildman–Crippen LogP) is 3.00. The van der Waals surface area contributed by atoms with Gasteiger partial charge in [-0.3, -0.25) is 4.98 Å². The number of hydrogen-bond acceptors (Lipinski definition) is 4. The van der Waals surface area contributed by atoms with Crippen LogP contribution in [0.2, 0.25) is 0 Å². The fraction of sp³-hybridized carbons (Fsp3) is 0.353. The fourth-order valence-electron chi connectivity index (χ4n) is 3.01. The van der Waals surface area contributed by atoms with E-state index in [4.69, 9.17) is 0 Å². The van der Waals surface area contributed by atoms with Crippen molar-refractivity contribution in [3.8, 4) is 0 Å². The van der Waals surface area contributed by atoms with Gasteiger partial charge in [-0.25, -0.2) is 8.42 Å². The highest BCUT2D eigenvalue weighted by atomic mass is 35.5. The van der Waals surface area contributed by atoms with Crippen molar-refractivity contribution in [2.24, 2.45) is 0 Å². The summed E-state index contributed by atoms with van der Waals surface area (Å²) in [6.07, 6.45) is -1.31. The van der Waals surface area contributed by atoms with Crippen LogP contribution in [0.25, 0.3) is 0 Å². The number of pyridine rings is 1. The maximum absolute atomic E-state index is 12.9. The van der Waals surface area contributed by atoms with Crippen molar-refractivity contribution in [3.05, 3.63) is 65.5 Å². The van der Waals surface area contributed by atoms with E-state index in [0.717, 1.165) is 17.7 Å². The monoisotopic (exact) mass is 421 g/mol. The minimum atomic E-state index is -4.51. The maximum Gasteiger partial charge on any atom is 0.416 e. The molecule has 5 nitrogen and oxygen atoms in total. The summed E-state index contributed by atoms with van der Waals surface area (Å²) in [4.78, 5) is 4.02. The minimum Gasteiger partial charge on any atom is -0.313 e. The second kappa shape index (κ2) is 8.55. The number of alkyl halides is 3. The third-order valence-corrected chi connectivity index (χ3v) is 6.07. The summed E-state index contributed by atoms with van der Waals surface area (Å²) >= 11 is 0. The fourth-order valence-corrected chi connectivity index (χ4v) is 4.73. The quantitative estimate of drug-likeness (QED) is 0.824. The van der Waals surface area contributed by atoms with Crippen molar-refractivity contribution in [1.82, 2.24) is 14.6 Å². The normalized spacial score (nSPS) is 18.7. The molecule has 0 saturated carbocycles. The van der Waals surface area contributed by atoms with Gasteiger partial charge in [-0.2, -0.15) is 17.5 Å². The van der Waals surface area contributed by atoms with Crippen LogP contribution in [0.15, 0.2) is 48.8 Å². The molecule has 148 valence electrons. The van der Waals surface area contributed by atoms with Crippen molar-refractivity contribution >= 4 is 22.4 Å². The molecule has 1 aliphatic rings. The lowest BCUT2D eigenvalue weighted by atomic mass is 10.1. The predicted molar refractivity (Wildman–Crippen MR) is 97.9 cm³/mol. The molecule has 2 heterocycles. The molecule has 0 amide bonds. The molecular formula is C17H19ClF3N3O2S. The van der Waals surface area contributed by atoms with Crippen LogP contribution in [-0.2, 0) is 22.0 Å². The zero-order valence-electron chi connectivity index (χ0n) is 14.2. The molecule has 0 bridgehead atoms. The average Bonchev–Trinajstić information content (AvgIpc) is 2.62. The molecule has 1 N–H and O–H groups in total. The molecule has 1 atom stereocenters. The number of rotatable bonds is 4. The minimum absolute atomic E-state index is 0. The number of nitrogens with one attached hydrogen (secondary N) is 1. The van der Waals surface area contributed by atoms with E-state index in [0.29, 0.717) is 13.1 Å². The van der Waals surface area contributed by atoms with Gasteiger partial charge in [0.2, 0.25) is 10.0 Å². The van der Waals surface area contributed by atoms with Crippen LogP contribution in [0.4, 0.5) is 13.2 Å². The van der Waals surface area contributed by atoms with Crippen LogP contribution in [0, 0.1) is 0 Å². The first-order chi connectivity index (χ1) is 12.3. The van der Waals surface area contributed by atoms with Gasteiger partial charge in [0, 0.05) is 32.0 Å². The Morgan fingerprint density at radius 1 is 1.22 bits per heavy atom. The van der Waals surface area contributed by atoms with E-state index >= 15 is 0 Å². The van der Waals surface area contributed by atoms with Crippen molar-refractivity contribution in [3.63, 3.8) is 0 Å². The Labute approximate surface area is 162 Å². The van der Waals surface area contributed by atoms with E-state index in [1.807, 2.05) is 0 Å². The van der Waals surface area contributed by atoms with Gasteiger partial charge < -0.3 is 5.32 Å². The molecule has 0 spiro atoms. The first kappa shape index (κ1) is 21.6. The Hall–Kier alpha value is -1.68.